The Morgan fingerprint density at radius 3 is 2.70 bits per heavy atom. The molecule has 2 heterocycles. The van der Waals surface area contributed by atoms with Crippen molar-refractivity contribution in [3.05, 3.63) is 23.8 Å². The fourth-order valence-corrected chi connectivity index (χ4v) is 6.12. The highest BCUT2D eigenvalue weighted by atomic mass is 32.2. The number of rotatable bonds is 5. The van der Waals surface area contributed by atoms with E-state index in [1.807, 2.05) is 19.1 Å². The van der Waals surface area contributed by atoms with Crippen LogP contribution in [-0.2, 0) is 14.8 Å². The zero-order valence-electron chi connectivity index (χ0n) is 16.2. The van der Waals surface area contributed by atoms with E-state index in [4.69, 9.17) is 4.74 Å². The third-order valence-electron chi connectivity index (χ3n) is 6.48. The number of sulfonamides is 1. The summed E-state index contributed by atoms with van der Waals surface area (Å²) >= 11 is 0. The van der Waals surface area contributed by atoms with Crippen LogP contribution < -0.4 is 10.0 Å². The largest absolute Gasteiger partial charge is 0.384 e. The van der Waals surface area contributed by atoms with Crippen LogP contribution in [0.5, 0.6) is 0 Å². The zero-order valence-corrected chi connectivity index (χ0v) is 17.1. The molecule has 2 N–H and O–H groups in total. The van der Waals surface area contributed by atoms with Gasteiger partial charge in [-0.15, -0.1) is 0 Å². The first kappa shape index (κ1) is 19.2. The van der Waals surface area contributed by atoms with Crippen LogP contribution in [0.4, 0.5) is 5.69 Å². The molecular formula is C21H32N2O3S. The average molecular weight is 393 g/mol. The molecule has 2 fully saturated rings. The molecule has 0 radical (unpaired) electrons. The van der Waals surface area contributed by atoms with Crippen molar-refractivity contribution in [1.82, 2.24) is 4.72 Å². The van der Waals surface area contributed by atoms with Gasteiger partial charge in [-0.25, -0.2) is 13.1 Å². The fraction of sp³-hybridized carbons (Fsp3) is 0.714. The zero-order chi connectivity index (χ0) is 18.9. The molecule has 1 aromatic rings. The number of ether oxygens (including phenoxy) is 1. The van der Waals surface area contributed by atoms with Crippen LogP contribution in [0.3, 0.4) is 0 Å². The third-order valence-corrected chi connectivity index (χ3v) is 7.94. The van der Waals surface area contributed by atoms with Gasteiger partial charge >= 0.3 is 0 Å². The summed E-state index contributed by atoms with van der Waals surface area (Å²) < 4.78 is 34.5. The summed E-state index contributed by atoms with van der Waals surface area (Å²) in [5.41, 5.74) is 2.04. The van der Waals surface area contributed by atoms with Crippen LogP contribution in [0.2, 0.25) is 0 Å². The lowest BCUT2D eigenvalue weighted by molar-refractivity contribution is -0.113. The van der Waals surface area contributed by atoms with Crippen LogP contribution in [0.25, 0.3) is 0 Å². The highest BCUT2D eigenvalue weighted by Crippen LogP contribution is 2.46. The molecular weight excluding hydrogens is 360 g/mol. The van der Waals surface area contributed by atoms with E-state index in [0.717, 1.165) is 37.1 Å². The maximum absolute atomic E-state index is 12.6. The number of benzene rings is 1. The molecule has 1 saturated heterocycles. The summed E-state index contributed by atoms with van der Waals surface area (Å²) in [6.45, 7) is 3.34. The van der Waals surface area contributed by atoms with Gasteiger partial charge in [-0.1, -0.05) is 26.2 Å². The van der Waals surface area contributed by atoms with Crippen LogP contribution in [0, 0.1) is 11.8 Å². The second kappa shape index (κ2) is 8.10. The third kappa shape index (κ3) is 4.03. The van der Waals surface area contributed by atoms with Gasteiger partial charge in [0.15, 0.2) is 0 Å². The van der Waals surface area contributed by atoms with E-state index < -0.39 is 10.0 Å². The summed E-state index contributed by atoms with van der Waals surface area (Å²) in [6, 6.07) is 5.44. The summed E-state index contributed by atoms with van der Waals surface area (Å²) in [5.74, 6) is 1.11. The van der Waals surface area contributed by atoms with E-state index in [1.54, 1.807) is 6.07 Å². The second-order valence-electron chi connectivity index (χ2n) is 8.36. The molecule has 3 unspecified atom stereocenters. The van der Waals surface area contributed by atoms with Crippen LogP contribution in [-0.4, -0.2) is 27.6 Å². The van der Waals surface area contributed by atoms with E-state index >= 15 is 0 Å². The molecule has 1 saturated carbocycles. The van der Waals surface area contributed by atoms with Crippen molar-refractivity contribution in [2.75, 3.05) is 18.4 Å². The number of anilines is 1. The van der Waals surface area contributed by atoms with Crippen molar-refractivity contribution in [2.24, 2.45) is 11.8 Å². The Labute approximate surface area is 163 Å². The Balaban J connectivity index is 1.58. The predicted molar refractivity (Wildman–Crippen MR) is 107 cm³/mol. The van der Waals surface area contributed by atoms with Crippen LogP contribution >= 0.6 is 0 Å². The maximum atomic E-state index is 12.6. The van der Waals surface area contributed by atoms with Gasteiger partial charge in [0, 0.05) is 30.3 Å². The molecule has 0 amide bonds. The molecule has 0 spiro atoms. The summed E-state index contributed by atoms with van der Waals surface area (Å²) in [7, 11) is -3.46. The first-order valence-corrected chi connectivity index (χ1v) is 12.1. The molecule has 1 aliphatic carbocycles. The molecule has 27 heavy (non-hydrogen) atoms. The molecule has 150 valence electrons. The summed E-state index contributed by atoms with van der Waals surface area (Å²) in [5, 5.41) is 3.48. The Hall–Kier alpha value is -1.11. The SMILES string of the molecule is CCCNS(=O)(=O)c1ccc2c(c1)C1OC(C3CCCCC3)CCC1CN2. The van der Waals surface area contributed by atoms with Crippen molar-refractivity contribution >= 4 is 15.7 Å². The minimum absolute atomic E-state index is 0.0169. The number of hydrogen-bond acceptors (Lipinski definition) is 4. The van der Waals surface area contributed by atoms with Crippen molar-refractivity contribution < 1.29 is 13.2 Å². The minimum atomic E-state index is -3.46. The first-order valence-electron chi connectivity index (χ1n) is 10.6. The van der Waals surface area contributed by atoms with Gasteiger partial charge in [-0.3, -0.25) is 0 Å². The van der Waals surface area contributed by atoms with E-state index in [0.29, 0.717) is 29.4 Å². The van der Waals surface area contributed by atoms with Gasteiger partial charge in [0.2, 0.25) is 10.0 Å². The minimum Gasteiger partial charge on any atom is -0.384 e. The topological polar surface area (TPSA) is 67.4 Å². The van der Waals surface area contributed by atoms with Gasteiger partial charge in [0.25, 0.3) is 0 Å². The fourth-order valence-electron chi connectivity index (χ4n) is 4.95. The monoisotopic (exact) mass is 392 g/mol. The van der Waals surface area contributed by atoms with E-state index in [-0.39, 0.29) is 6.10 Å². The lowest BCUT2D eigenvalue weighted by Crippen LogP contribution is -2.40. The van der Waals surface area contributed by atoms with Gasteiger partial charge in [0.05, 0.1) is 17.1 Å². The molecule has 3 aliphatic rings. The molecule has 0 bridgehead atoms. The average Bonchev–Trinajstić information content (AvgIpc) is 2.72. The van der Waals surface area contributed by atoms with E-state index in [1.165, 1.54) is 32.1 Å². The lowest BCUT2D eigenvalue weighted by atomic mass is 9.78. The van der Waals surface area contributed by atoms with Crippen molar-refractivity contribution in [2.45, 2.75) is 75.4 Å². The number of nitrogens with one attached hydrogen (secondary N) is 2. The van der Waals surface area contributed by atoms with Crippen molar-refractivity contribution in [3.63, 3.8) is 0 Å². The van der Waals surface area contributed by atoms with E-state index in [2.05, 4.69) is 10.0 Å². The van der Waals surface area contributed by atoms with Gasteiger partial charge < -0.3 is 10.1 Å². The van der Waals surface area contributed by atoms with Gasteiger partial charge in [-0.2, -0.15) is 0 Å². The molecule has 3 atom stereocenters. The van der Waals surface area contributed by atoms with Crippen LogP contribution in [0.1, 0.15) is 70.0 Å². The Morgan fingerprint density at radius 2 is 1.93 bits per heavy atom. The Kier molecular flexibility index (Phi) is 5.76. The molecule has 5 nitrogen and oxygen atoms in total. The number of hydrogen-bond donors (Lipinski definition) is 2. The standard InChI is InChI=1S/C21H32N2O3S/c1-2-12-23-27(24,25)17-9-10-19-18(13-17)21-16(14-22-19)8-11-20(26-21)15-6-4-3-5-7-15/h9-10,13,15-16,20-23H,2-8,11-12,14H2,1H3. The Bertz CT molecular complexity index is 759. The highest BCUT2D eigenvalue weighted by Gasteiger charge is 2.39. The highest BCUT2D eigenvalue weighted by molar-refractivity contribution is 7.89. The van der Waals surface area contributed by atoms with Crippen molar-refractivity contribution in [3.8, 4) is 0 Å². The van der Waals surface area contributed by atoms with Crippen molar-refractivity contribution in [1.29, 1.82) is 0 Å². The molecule has 2 aliphatic heterocycles. The quantitative estimate of drug-likeness (QED) is 0.787. The summed E-state index contributed by atoms with van der Waals surface area (Å²) in [4.78, 5) is 0.348. The van der Waals surface area contributed by atoms with E-state index in [9.17, 15) is 8.42 Å². The first-order chi connectivity index (χ1) is 13.1. The second-order valence-corrected chi connectivity index (χ2v) is 10.1. The molecule has 1 aromatic carbocycles. The van der Waals surface area contributed by atoms with Gasteiger partial charge in [0.1, 0.15) is 0 Å². The van der Waals surface area contributed by atoms with Gasteiger partial charge in [-0.05, 0) is 56.2 Å². The molecule has 6 heteroatoms. The maximum Gasteiger partial charge on any atom is 0.240 e. The smallest absolute Gasteiger partial charge is 0.240 e. The van der Waals surface area contributed by atoms with Crippen LogP contribution in [0.15, 0.2) is 23.1 Å². The number of fused-ring (bicyclic) bond motifs is 3. The lowest BCUT2D eigenvalue weighted by Gasteiger charge is -2.44. The Morgan fingerprint density at radius 1 is 1.11 bits per heavy atom. The summed E-state index contributed by atoms with van der Waals surface area (Å²) in [6.07, 6.45) is 9.98. The molecule has 4 rings (SSSR count). The normalized spacial score (nSPS) is 28.9. The predicted octanol–water partition coefficient (Wildman–Crippen LogP) is 4.22. The molecule has 0 aromatic heterocycles.